The minimum Gasteiger partial charge on any atom is -0.340 e. The highest BCUT2D eigenvalue weighted by atomic mass is 15.1. The maximum absolute atomic E-state index is 4.52. The van der Waals surface area contributed by atoms with E-state index in [1.807, 2.05) is 43.3 Å². The summed E-state index contributed by atoms with van der Waals surface area (Å²) in [4.78, 5) is 13.5. The van der Waals surface area contributed by atoms with Gasteiger partial charge >= 0.3 is 0 Å². The van der Waals surface area contributed by atoms with Crippen molar-refractivity contribution in [3.8, 4) is 0 Å². The largest absolute Gasteiger partial charge is 0.340 e. The number of hydrogen-bond donors (Lipinski definition) is 2. The van der Waals surface area contributed by atoms with E-state index in [0.717, 1.165) is 33.9 Å². The Labute approximate surface area is 158 Å². The van der Waals surface area contributed by atoms with Gasteiger partial charge in [0.2, 0.25) is 0 Å². The Bertz CT molecular complexity index is 1120. The summed E-state index contributed by atoms with van der Waals surface area (Å²) in [5, 5.41) is 7.87. The first kappa shape index (κ1) is 17.0. The molecule has 5 nitrogen and oxygen atoms in total. The number of aromatic nitrogens is 3. The zero-order chi connectivity index (χ0) is 18.8. The Hall–Kier alpha value is -3.47. The molecule has 2 aromatic carbocycles. The van der Waals surface area contributed by atoms with E-state index in [-0.39, 0.29) is 0 Å². The van der Waals surface area contributed by atoms with Crippen LogP contribution in [0.3, 0.4) is 0 Å². The minimum absolute atomic E-state index is 0.695. The molecule has 0 amide bonds. The molecule has 0 aliphatic heterocycles. The quantitative estimate of drug-likeness (QED) is 0.510. The summed E-state index contributed by atoms with van der Waals surface area (Å²) in [7, 11) is 0. The van der Waals surface area contributed by atoms with Crippen molar-refractivity contribution in [2.45, 2.75) is 20.8 Å². The Morgan fingerprint density at radius 3 is 2.26 bits per heavy atom. The normalized spacial score (nSPS) is 10.8. The summed E-state index contributed by atoms with van der Waals surface area (Å²) in [6.07, 6.45) is 1.80. The highest BCUT2D eigenvalue weighted by Crippen LogP contribution is 2.26. The molecule has 0 atom stereocenters. The van der Waals surface area contributed by atoms with Crippen LogP contribution < -0.4 is 10.6 Å². The highest BCUT2D eigenvalue weighted by Gasteiger charge is 2.07. The molecule has 134 valence electrons. The summed E-state index contributed by atoms with van der Waals surface area (Å²) >= 11 is 0. The molecule has 2 heterocycles. The monoisotopic (exact) mass is 355 g/mol. The Morgan fingerprint density at radius 1 is 0.741 bits per heavy atom. The van der Waals surface area contributed by atoms with Gasteiger partial charge in [0.1, 0.15) is 17.5 Å². The maximum Gasteiger partial charge on any atom is 0.136 e. The molecule has 5 heteroatoms. The molecule has 0 radical (unpaired) electrons. The van der Waals surface area contributed by atoms with Crippen LogP contribution in [0, 0.1) is 20.8 Å². The first-order valence-electron chi connectivity index (χ1n) is 8.89. The molecule has 4 aromatic rings. The van der Waals surface area contributed by atoms with E-state index in [1.54, 1.807) is 6.20 Å². The fourth-order valence-corrected chi connectivity index (χ4v) is 3.13. The zero-order valence-corrected chi connectivity index (χ0v) is 15.6. The Balaban J connectivity index is 1.66. The second kappa shape index (κ2) is 7.03. The molecule has 2 N–H and O–H groups in total. The number of rotatable bonds is 4. The van der Waals surface area contributed by atoms with E-state index in [2.05, 4.69) is 57.6 Å². The molecule has 0 aliphatic rings. The summed E-state index contributed by atoms with van der Waals surface area (Å²) in [5.41, 5.74) is 5.29. The lowest BCUT2D eigenvalue weighted by atomic mass is 10.1. The van der Waals surface area contributed by atoms with Gasteiger partial charge in [-0.05, 0) is 44.5 Å². The Morgan fingerprint density at radius 2 is 1.48 bits per heavy atom. The summed E-state index contributed by atoms with van der Waals surface area (Å²) < 4.78 is 0. The maximum atomic E-state index is 4.52. The van der Waals surface area contributed by atoms with Crippen LogP contribution in [-0.2, 0) is 0 Å². The lowest BCUT2D eigenvalue weighted by molar-refractivity contribution is 1.06. The van der Waals surface area contributed by atoms with Crippen molar-refractivity contribution in [3.05, 3.63) is 77.7 Å². The SMILES string of the molecule is Cc1ccc(Nc2cc(Nc3cccc4cccnc34)nc(C)n2)c(C)c1. The van der Waals surface area contributed by atoms with Crippen molar-refractivity contribution in [1.29, 1.82) is 0 Å². The van der Waals surface area contributed by atoms with E-state index in [1.165, 1.54) is 11.1 Å². The van der Waals surface area contributed by atoms with Gasteiger partial charge in [-0.1, -0.05) is 35.9 Å². The van der Waals surface area contributed by atoms with Gasteiger partial charge in [-0.3, -0.25) is 4.98 Å². The van der Waals surface area contributed by atoms with E-state index in [0.29, 0.717) is 5.82 Å². The van der Waals surface area contributed by atoms with Gasteiger partial charge in [-0.2, -0.15) is 0 Å². The van der Waals surface area contributed by atoms with Gasteiger partial charge in [0.05, 0.1) is 11.2 Å². The smallest absolute Gasteiger partial charge is 0.136 e. The number of aryl methyl sites for hydroxylation is 3. The van der Waals surface area contributed by atoms with Crippen molar-refractivity contribution < 1.29 is 0 Å². The molecule has 0 spiro atoms. The van der Waals surface area contributed by atoms with Crippen LogP contribution in [-0.4, -0.2) is 15.0 Å². The summed E-state index contributed by atoms with van der Waals surface area (Å²) in [6, 6.07) is 18.3. The number of nitrogens with one attached hydrogen (secondary N) is 2. The van der Waals surface area contributed by atoms with Crippen molar-refractivity contribution in [2.75, 3.05) is 10.6 Å². The molecule has 2 aromatic heterocycles. The molecule has 0 fully saturated rings. The number of pyridine rings is 1. The van der Waals surface area contributed by atoms with Crippen LogP contribution in [0.5, 0.6) is 0 Å². The second-order valence-electron chi connectivity index (χ2n) is 6.63. The zero-order valence-electron chi connectivity index (χ0n) is 15.6. The topological polar surface area (TPSA) is 62.7 Å². The van der Waals surface area contributed by atoms with E-state index >= 15 is 0 Å². The van der Waals surface area contributed by atoms with Crippen molar-refractivity contribution in [1.82, 2.24) is 15.0 Å². The van der Waals surface area contributed by atoms with Gasteiger partial charge in [0.25, 0.3) is 0 Å². The fraction of sp³-hybridized carbons (Fsp3) is 0.136. The average molecular weight is 355 g/mol. The molecule has 0 aliphatic carbocycles. The predicted molar refractivity (Wildman–Crippen MR) is 111 cm³/mol. The first-order valence-corrected chi connectivity index (χ1v) is 8.89. The van der Waals surface area contributed by atoms with Crippen LogP contribution in [0.4, 0.5) is 23.0 Å². The van der Waals surface area contributed by atoms with E-state index < -0.39 is 0 Å². The molecular weight excluding hydrogens is 334 g/mol. The number of nitrogens with zero attached hydrogens (tertiary/aromatic N) is 3. The molecule has 4 rings (SSSR count). The number of hydrogen-bond acceptors (Lipinski definition) is 5. The third-order valence-electron chi connectivity index (χ3n) is 4.38. The molecule has 0 bridgehead atoms. The molecule has 0 saturated heterocycles. The first-order chi connectivity index (χ1) is 13.1. The standard InChI is InChI=1S/C22H21N5/c1-14-9-10-18(15(2)12-14)26-20-13-21(25-16(3)24-20)27-19-8-4-6-17-7-5-11-23-22(17)19/h4-13H,1-3H3,(H2,24,25,26,27). The molecular formula is C22H21N5. The van der Waals surface area contributed by atoms with Crippen LogP contribution in [0.15, 0.2) is 60.8 Å². The van der Waals surface area contributed by atoms with Crippen LogP contribution >= 0.6 is 0 Å². The molecule has 0 saturated carbocycles. The van der Waals surface area contributed by atoms with Gasteiger partial charge in [0, 0.05) is 23.3 Å². The molecule has 27 heavy (non-hydrogen) atoms. The number of anilines is 4. The van der Waals surface area contributed by atoms with Gasteiger partial charge < -0.3 is 10.6 Å². The Kier molecular flexibility index (Phi) is 4.42. The molecule has 0 unspecified atom stereocenters. The van der Waals surface area contributed by atoms with Gasteiger partial charge in [0.15, 0.2) is 0 Å². The lowest BCUT2D eigenvalue weighted by Gasteiger charge is -2.13. The van der Waals surface area contributed by atoms with Crippen molar-refractivity contribution in [2.24, 2.45) is 0 Å². The number of para-hydroxylation sites is 1. The minimum atomic E-state index is 0.695. The van der Waals surface area contributed by atoms with Crippen LogP contribution in [0.1, 0.15) is 17.0 Å². The number of benzene rings is 2. The van der Waals surface area contributed by atoms with E-state index in [4.69, 9.17) is 0 Å². The van der Waals surface area contributed by atoms with Crippen molar-refractivity contribution >= 4 is 33.9 Å². The fourth-order valence-electron chi connectivity index (χ4n) is 3.13. The van der Waals surface area contributed by atoms with Crippen LogP contribution in [0.25, 0.3) is 10.9 Å². The third-order valence-corrected chi connectivity index (χ3v) is 4.38. The van der Waals surface area contributed by atoms with Crippen LogP contribution in [0.2, 0.25) is 0 Å². The van der Waals surface area contributed by atoms with Crippen molar-refractivity contribution in [3.63, 3.8) is 0 Å². The summed E-state index contributed by atoms with van der Waals surface area (Å²) in [5.74, 6) is 2.18. The van der Waals surface area contributed by atoms with Gasteiger partial charge in [-0.25, -0.2) is 9.97 Å². The predicted octanol–water partition coefficient (Wildman–Crippen LogP) is 5.44. The number of fused-ring (bicyclic) bond motifs is 1. The van der Waals surface area contributed by atoms with E-state index in [9.17, 15) is 0 Å². The average Bonchev–Trinajstić information content (AvgIpc) is 2.64. The highest BCUT2D eigenvalue weighted by molar-refractivity contribution is 5.91. The lowest BCUT2D eigenvalue weighted by Crippen LogP contribution is -2.02. The van der Waals surface area contributed by atoms with Gasteiger partial charge in [-0.15, -0.1) is 0 Å². The third kappa shape index (κ3) is 3.72. The summed E-state index contributed by atoms with van der Waals surface area (Å²) in [6.45, 7) is 6.07. The second-order valence-corrected chi connectivity index (χ2v) is 6.63.